The number of hydrogen-bond donors (Lipinski definition) is 1. The first-order valence-corrected chi connectivity index (χ1v) is 5.29. The molecule has 1 atom stereocenters. The summed E-state index contributed by atoms with van der Waals surface area (Å²) in [5.74, 6) is -0.579. The third kappa shape index (κ3) is 4.37. The van der Waals surface area contributed by atoms with Crippen molar-refractivity contribution >= 4 is 5.91 Å². The molecule has 0 aliphatic heterocycles. The molecule has 0 saturated carbocycles. The van der Waals surface area contributed by atoms with Gasteiger partial charge in [-0.15, -0.1) is 0 Å². The second kappa shape index (κ2) is 5.86. The van der Waals surface area contributed by atoms with Crippen LogP contribution in [0.5, 0.6) is 0 Å². The zero-order valence-corrected chi connectivity index (χ0v) is 10.0. The van der Waals surface area contributed by atoms with E-state index in [1.807, 2.05) is 0 Å². The minimum absolute atomic E-state index is 0.335. The number of carbonyl (C=O) groups is 1. The molecule has 0 radical (unpaired) electrons. The highest BCUT2D eigenvalue weighted by molar-refractivity contribution is 5.95. The van der Waals surface area contributed by atoms with E-state index in [1.54, 1.807) is 31.2 Å². The van der Waals surface area contributed by atoms with Gasteiger partial charge in [0.25, 0.3) is 5.91 Å². The molecule has 0 fully saturated rings. The first-order valence-electron chi connectivity index (χ1n) is 5.29. The maximum absolute atomic E-state index is 12.2. The van der Waals surface area contributed by atoms with Crippen LogP contribution in [0.15, 0.2) is 24.3 Å². The molecular weight excluding hydrogens is 247 g/mol. The summed E-state index contributed by atoms with van der Waals surface area (Å²) in [7, 11) is 1.12. The molecule has 0 spiro atoms. The summed E-state index contributed by atoms with van der Waals surface area (Å²) in [4.78, 5) is 11.8. The first-order chi connectivity index (χ1) is 8.33. The van der Waals surface area contributed by atoms with Gasteiger partial charge in [-0.1, -0.05) is 18.2 Å². The number of carbonyl (C=O) groups excluding carboxylic acids is 1. The lowest BCUT2D eigenvalue weighted by Crippen LogP contribution is -2.39. The molecule has 0 bridgehead atoms. The summed E-state index contributed by atoms with van der Waals surface area (Å²) in [6.45, 7) is 1.71. The number of hydrogen-bond acceptors (Lipinski definition) is 2. The summed E-state index contributed by atoms with van der Waals surface area (Å²) in [5.41, 5.74) is 1.03. The minimum atomic E-state index is -4.39. The zero-order valence-electron chi connectivity index (χ0n) is 10.0. The van der Waals surface area contributed by atoms with Gasteiger partial charge < -0.3 is 10.1 Å². The highest BCUT2D eigenvalue weighted by atomic mass is 19.4. The van der Waals surface area contributed by atoms with Gasteiger partial charge in [-0.05, 0) is 18.6 Å². The molecule has 3 nitrogen and oxygen atoms in total. The summed E-state index contributed by atoms with van der Waals surface area (Å²) < 4.78 is 41.2. The molecule has 1 aromatic carbocycles. The van der Waals surface area contributed by atoms with Crippen molar-refractivity contribution in [3.05, 3.63) is 35.4 Å². The monoisotopic (exact) mass is 261 g/mol. The van der Waals surface area contributed by atoms with Gasteiger partial charge in [0.1, 0.15) is 6.23 Å². The van der Waals surface area contributed by atoms with E-state index in [-0.39, 0.29) is 0 Å². The SMILES string of the molecule is CO[C@@H](CC(F)(F)F)NC(=O)c1ccccc1C. The lowest BCUT2D eigenvalue weighted by Gasteiger charge is -2.19. The van der Waals surface area contributed by atoms with Crippen molar-refractivity contribution in [2.45, 2.75) is 25.7 Å². The van der Waals surface area contributed by atoms with E-state index in [0.717, 1.165) is 7.11 Å². The van der Waals surface area contributed by atoms with E-state index in [9.17, 15) is 18.0 Å². The molecule has 0 aliphatic carbocycles. The van der Waals surface area contributed by atoms with Crippen LogP contribution in [0.4, 0.5) is 13.2 Å². The zero-order chi connectivity index (χ0) is 13.8. The van der Waals surface area contributed by atoms with Crippen LogP contribution in [0.1, 0.15) is 22.3 Å². The molecule has 6 heteroatoms. The van der Waals surface area contributed by atoms with Crippen molar-refractivity contribution < 1.29 is 22.7 Å². The van der Waals surface area contributed by atoms with Gasteiger partial charge >= 0.3 is 6.18 Å². The lowest BCUT2D eigenvalue weighted by atomic mass is 10.1. The number of methoxy groups -OCH3 is 1. The summed E-state index contributed by atoms with van der Waals surface area (Å²) in [6.07, 6.45) is -6.99. The topological polar surface area (TPSA) is 38.3 Å². The van der Waals surface area contributed by atoms with Gasteiger partial charge in [0.15, 0.2) is 0 Å². The highest BCUT2D eigenvalue weighted by Gasteiger charge is 2.33. The number of nitrogens with one attached hydrogen (secondary N) is 1. The molecule has 1 rings (SSSR count). The Morgan fingerprint density at radius 1 is 1.39 bits per heavy atom. The Kier molecular flexibility index (Phi) is 4.72. The fourth-order valence-electron chi connectivity index (χ4n) is 1.46. The van der Waals surface area contributed by atoms with Crippen LogP contribution in [0.25, 0.3) is 0 Å². The molecular formula is C12H14F3NO2. The Balaban J connectivity index is 2.71. The van der Waals surface area contributed by atoms with Crippen molar-refractivity contribution in [1.82, 2.24) is 5.32 Å². The number of ether oxygens (including phenoxy) is 1. The highest BCUT2D eigenvalue weighted by Crippen LogP contribution is 2.22. The second-order valence-electron chi connectivity index (χ2n) is 3.83. The quantitative estimate of drug-likeness (QED) is 0.846. The average Bonchev–Trinajstić information content (AvgIpc) is 2.26. The van der Waals surface area contributed by atoms with E-state index in [4.69, 9.17) is 0 Å². The average molecular weight is 261 g/mol. The molecule has 1 amide bonds. The Morgan fingerprint density at radius 2 is 2.00 bits per heavy atom. The molecule has 18 heavy (non-hydrogen) atoms. The Hall–Kier alpha value is -1.56. The van der Waals surface area contributed by atoms with Crippen LogP contribution in [0.3, 0.4) is 0 Å². The third-order valence-corrected chi connectivity index (χ3v) is 2.38. The minimum Gasteiger partial charge on any atom is -0.361 e. The Labute approximate surface area is 103 Å². The van der Waals surface area contributed by atoms with Gasteiger partial charge in [0.2, 0.25) is 0 Å². The molecule has 100 valence electrons. The largest absolute Gasteiger partial charge is 0.393 e. The van der Waals surface area contributed by atoms with Crippen LogP contribution in [-0.2, 0) is 4.74 Å². The molecule has 0 heterocycles. The number of halogens is 3. The van der Waals surface area contributed by atoms with Crippen molar-refractivity contribution in [1.29, 1.82) is 0 Å². The fraction of sp³-hybridized carbons (Fsp3) is 0.417. The predicted octanol–water partition coefficient (Wildman–Crippen LogP) is 2.65. The molecule has 0 saturated heterocycles. The van der Waals surface area contributed by atoms with Crippen molar-refractivity contribution in [3.63, 3.8) is 0 Å². The maximum atomic E-state index is 12.2. The van der Waals surface area contributed by atoms with Gasteiger partial charge in [-0.25, -0.2) is 0 Å². The van der Waals surface area contributed by atoms with Gasteiger partial charge in [0, 0.05) is 12.7 Å². The van der Waals surface area contributed by atoms with Gasteiger partial charge in [-0.2, -0.15) is 13.2 Å². The normalized spacial score (nSPS) is 13.2. The van der Waals surface area contributed by atoms with Crippen LogP contribution in [-0.4, -0.2) is 25.4 Å². The maximum Gasteiger partial charge on any atom is 0.393 e. The Morgan fingerprint density at radius 3 is 2.50 bits per heavy atom. The molecule has 0 aliphatic rings. The van der Waals surface area contributed by atoms with E-state index < -0.39 is 24.7 Å². The second-order valence-corrected chi connectivity index (χ2v) is 3.83. The third-order valence-electron chi connectivity index (χ3n) is 2.38. The van der Waals surface area contributed by atoms with Crippen LogP contribution >= 0.6 is 0 Å². The van der Waals surface area contributed by atoms with Crippen LogP contribution in [0, 0.1) is 6.92 Å². The summed E-state index contributed by atoms with van der Waals surface area (Å²) in [6, 6.07) is 6.65. The summed E-state index contributed by atoms with van der Waals surface area (Å²) >= 11 is 0. The molecule has 1 aromatic rings. The number of alkyl halides is 3. The molecule has 0 aromatic heterocycles. The number of rotatable bonds is 4. The Bertz CT molecular complexity index is 418. The van der Waals surface area contributed by atoms with Crippen LogP contribution in [0.2, 0.25) is 0 Å². The first kappa shape index (κ1) is 14.5. The van der Waals surface area contributed by atoms with E-state index in [1.165, 1.54) is 0 Å². The predicted molar refractivity (Wildman–Crippen MR) is 60.1 cm³/mol. The van der Waals surface area contributed by atoms with Crippen molar-refractivity contribution in [2.75, 3.05) is 7.11 Å². The number of benzene rings is 1. The van der Waals surface area contributed by atoms with Crippen molar-refractivity contribution in [3.8, 4) is 0 Å². The van der Waals surface area contributed by atoms with Gasteiger partial charge in [-0.3, -0.25) is 4.79 Å². The smallest absolute Gasteiger partial charge is 0.361 e. The van der Waals surface area contributed by atoms with Crippen molar-refractivity contribution in [2.24, 2.45) is 0 Å². The van der Waals surface area contributed by atoms with Crippen LogP contribution < -0.4 is 5.32 Å². The lowest BCUT2D eigenvalue weighted by molar-refractivity contribution is -0.159. The van der Waals surface area contributed by atoms with E-state index in [0.29, 0.717) is 11.1 Å². The molecule has 0 unspecified atom stereocenters. The number of aryl methyl sites for hydroxylation is 1. The van der Waals surface area contributed by atoms with Gasteiger partial charge in [0.05, 0.1) is 6.42 Å². The molecule has 1 N–H and O–H groups in total. The number of amides is 1. The summed E-state index contributed by atoms with van der Waals surface area (Å²) in [5, 5.41) is 2.20. The standard InChI is InChI=1S/C12H14F3NO2/c1-8-5-3-4-6-9(8)11(17)16-10(18-2)7-12(13,14)15/h3-6,10H,7H2,1-2H3,(H,16,17)/t10-/m0/s1. The fourth-order valence-corrected chi connectivity index (χ4v) is 1.46. The van der Waals surface area contributed by atoms with E-state index >= 15 is 0 Å². The van der Waals surface area contributed by atoms with E-state index in [2.05, 4.69) is 10.1 Å².